The predicted octanol–water partition coefficient (Wildman–Crippen LogP) is 4.57. The fourth-order valence-electron chi connectivity index (χ4n) is 1.61. The molecule has 0 aliphatic carbocycles. The fraction of sp³-hybridized carbons (Fsp3) is 0.0769. The number of hydrogen-bond acceptors (Lipinski definition) is 1. The predicted molar refractivity (Wildman–Crippen MR) is 72.3 cm³/mol. The second-order valence-electron chi connectivity index (χ2n) is 3.73. The number of hydrogen-bond donors (Lipinski definition) is 1. The van der Waals surface area contributed by atoms with Crippen molar-refractivity contribution in [3.63, 3.8) is 0 Å². The average molecular weight is 378 g/mol. The first-order valence-corrected chi connectivity index (χ1v) is 6.65. The van der Waals surface area contributed by atoms with Crippen LogP contribution in [0.25, 0.3) is 0 Å². The van der Waals surface area contributed by atoms with E-state index in [1.54, 1.807) is 18.2 Å². The Morgan fingerprint density at radius 3 is 2.33 bits per heavy atom. The van der Waals surface area contributed by atoms with Gasteiger partial charge in [0.15, 0.2) is 0 Å². The summed E-state index contributed by atoms with van der Waals surface area (Å²) in [7, 11) is 0. The monoisotopic (exact) mass is 376 g/mol. The first kappa shape index (κ1) is 13.6. The molecule has 0 aromatic heterocycles. The molecule has 1 N–H and O–H groups in total. The van der Waals surface area contributed by atoms with Crippen LogP contribution in [0.1, 0.15) is 17.2 Å². The Morgan fingerprint density at radius 2 is 1.67 bits per heavy atom. The number of halogens is 4. The fourth-order valence-corrected chi connectivity index (χ4v) is 2.46. The standard InChI is InChI=1S/C13H8Br2F2O/c14-7-1-4-11(15)10(5-7)13(18)9-3-2-8(16)6-12(9)17/h1-6,13,18H. The van der Waals surface area contributed by atoms with E-state index in [9.17, 15) is 13.9 Å². The summed E-state index contributed by atoms with van der Waals surface area (Å²) < 4.78 is 27.8. The molecule has 0 heterocycles. The van der Waals surface area contributed by atoms with Crippen LogP contribution in [0.15, 0.2) is 45.3 Å². The lowest BCUT2D eigenvalue weighted by Gasteiger charge is -2.14. The molecule has 0 aliphatic rings. The maximum atomic E-state index is 13.6. The van der Waals surface area contributed by atoms with Gasteiger partial charge >= 0.3 is 0 Å². The third-order valence-corrected chi connectivity index (χ3v) is 3.73. The highest BCUT2D eigenvalue weighted by Crippen LogP contribution is 2.32. The molecule has 2 aromatic rings. The van der Waals surface area contributed by atoms with Crippen molar-refractivity contribution in [1.82, 2.24) is 0 Å². The van der Waals surface area contributed by atoms with Crippen molar-refractivity contribution in [2.45, 2.75) is 6.10 Å². The zero-order valence-electron chi connectivity index (χ0n) is 9.00. The van der Waals surface area contributed by atoms with E-state index >= 15 is 0 Å². The SMILES string of the molecule is OC(c1ccc(F)cc1F)c1cc(Br)ccc1Br. The summed E-state index contributed by atoms with van der Waals surface area (Å²) >= 11 is 6.57. The molecule has 5 heteroatoms. The molecule has 0 aliphatic heterocycles. The first-order valence-electron chi connectivity index (χ1n) is 5.07. The maximum absolute atomic E-state index is 13.6. The molecule has 18 heavy (non-hydrogen) atoms. The largest absolute Gasteiger partial charge is 0.384 e. The lowest BCUT2D eigenvalue weighted by atomic mass is 10.0. The highest BCUT2D eigenvalue weighted by atomic mass is 79.9. The zero-order valence-corrected chi connectivity index (χ0v) is 12.2. The molecule has 0 spiro atoms. The molecule has 1 unspecified atom stereocenters. The van der Waals surface area contributed by atoms with E-state index in [1.807, 2.05) is 0 Å². The number of benzene rings is 2. The summed E-state index contributed by atoms with van der Waals surface area (Å²) in [5.41, 5.74) is 0.546. The molecule has 94 valence electrons. The van der Waals surface area contributed by atoms with Crippen molar-refractivity contribution in [1.29, 1.82) is 0 Å². The van der Waals surface area contributed by atoms with Gasteiger partial charge in [-0.1, -0.05) is 37.9 Å². The number of aliphatic hydroxyl groups excluding tert-OH is 1. The van der Waals surface area contributed by atoms with Gasteiger partial charge in [0.1, 0.15) is 17.7 Å². The Morgan fingerprint density at radius 1 is 0.944 bits per heavy atom. The Kier molecular flexibility index (Phi) is 4.14. The lowest BCUT2D eigenvalue weighted by molar-refractivity contribution is 0.214. The molecule has 0 radical (unpaired) electrons. The molecule has 0 saturated heterocycles. The van der Waals surface area contributed by atoms with Gasteiger partial charge in [-0.3, -0.25) is 0 Å². The molecule has 2 rings (SSSR count). The van der Waals surface area contributed by atoms with Crippen molar-refractivity contribution in [3.05, 3.63) is 68.1 Å². The molecule has 0 amide bonds. The van der Waals surface area contributed by atoms with Crippen LogP contribution in [0.2, 0.25) is 0 Å². The number of aliphatic hydroxyl groups is 1. The molecule has 0 fully saturated rings. The van der Waals surface area contributed by atoms with E-state index in [0.29, 0.717) is 10.0 Å². The number of rotatable bonds is 2. The zero-order chi connectivity index (χ0) is 13.3. The minimum atomic E-state index is -1.16. The van der Waals surface area contributed by atoms with Crippen molar-refractivity contribution in [3.8, 4) is 0 Å². The molecule has 1 atom stereocenters. The quantitative estimate of drug-likeness (QED) is 0.812. The van der Waals surface area contributed by atoms with E-state index < -0.39 is 17.7 Å². The van der Waals surface area contributed by atoms with Crippen molar-refractivity contribution >= 4 is 31.9 Å². The Bertz CT molecular complexity index is 587. The van der Waals surface area contributed by atoms with Crippen LogP contribution < -0.4 is 0 Å². The van der Waals surface area contributed by atoms with Crippen LogP contribution in [0.5, 0.6) is 0 Å². The van der Waals surface area contributed by atoms with Crippen LogP contribution in [0, 0.1) is 11.6 Å². The van der Waals surface area contributed by atoms with Gasteiger partial charge in [-0.25, -0.2) is 8.78 Å². The topological polar surface area (TPSA) is 20.2 Å². The second kappa shape index (κ2) is 5.47. The van der Waals surface area contributed by atoms with Crippen LogP contribution in [-0.4, -0.2) is 5.11 Å². The Balaban J connectivity index is 2.47. The third kappa shape index (κ3) is 2.79. The smallest absolute Gasteiger partial charge is 0.132 e. The van der Waals surface area contributed by atoms with Crippen LogP contribution in [0.4, 0.5) is 8.78 Å². The second-order valence-corrected chi connectivity index (χ2v) is 5.50. The molecule has 0 saturated carbocycles. The van der Waals surface area contributed by atoms with Gasteiger partial charge in [0.2, 0.25) is 0 Å². The molecule has 1 nitrogen and oxygen atoms in total. The van der Waals surface area contributed by atoms with E-state index in [1.165, 1.54) is 6.07 Å². The normalized spacial score (nSPS) is 12.5. The Labute approximate surface area is 120 Å². The van der Waals surface area contributed by atoms with Gasteiger partial charge < -0.3 is 5.11 Å². The van der Waals surface area contributed by atoms with E-state index in [0.717, 1.165) is 16.6 Å². The van der Waals surface area contributed by atoms with Crippen LogP contribution in [0.3, 0.4) is 0 Å². The van der Waals surface area contributed by atoms with Crippen LogP contribution in [-0.2, 0) is 0 Å². The van der Waals surface area contributed by atoms with Gasteiger partial charge in [0.25, 0.3) is 0 Å². The maximum Gasteiger partial charge on any atom is 0.132 e. The summed E-state index contributed by atoms with van der Waals surface area (Å²) in [6.07, 6.45) is -1.16. The molecule has 0 bridgehead atoms. The van der Waals surface area contributed by atoms with E-state index in [-0.39, 0.29) is 5.56 Å². The molecule has 2 aromatic carbocycles. The highest BCUT2D eigenvalue weighted by Gasteiger charge is 2.18. The summed E-state index contributed by atoms with van der Waals surface area (Å²) in [5.74, 6) is -1.44. The summed E-state index contributed by atoms with van der Waals surface area (Å²) in [4.78, 5) is 0. The van der Waals surface area contributed by atoms with Gasteiger partial charge in [-0.2, -0.15) is 0 Å². The van der Waals surface area contributed by atoms with E-state index in [4.69, 9.17) is 0 Å². The van der Waals surface area contributed by atoms with Gasteiger partial charge in [-0.15, -0.1) is 0 Å². The Hall–Kier alpha value is -0.780. The summed E-state index contributed by atoms with van der Waals surface area (Å²) in [6.45, 7) is 0. The first-order chi connectivity index (χ1) is 8.49. The van der Waals surface area contributed by atoms with Gasteiger partial charge in [0.05, 0.1) is 0 Å². The van der Waals surface area contributed by atoms with Gasteiger partial charge in [0, 0.05) is 26.1 Å². The highest BCUT2D eigenvalue weighted by molar-refractivity contribution is 9.11. The van der Waals surface area contributed by atoms with Crippen molar-refractivity contribution in [2.75, 3.05) is 0 Å². The molecular weight excluding hydrogens is 370 g/mol. The third-order valence-electron chi connectivity index (χ3n) is 2.51. The average Bonchev–Trinajstić information content (AvgIpc) is 2.31. The minimum absolute atomic E-state index is 0.0372. The van der Waals surface area contributed by atoms with Gasteiger partial charge in [-0.05, 0) is 24.3 Å². The van der Waals surface area contributed by atoms with Crippen molar-refractivity contribution in [2.24, 2.45) is 0 Å². The summed E-state index contributed by atoms with van der Waals surface area (Å²) in [5, 5.41) is 10.2. The van der Waals surface area contributed by atoms with E-state index in [2.05, 4.69) is 31.9 Å². The summed E-state index contributed by atoms with van der Waals surface area (Å²) in [6, 6.07) is 8.32. The molecular formula is C13H8Br2F2O. The minimum Gasteiger partial charge on any atom is -0.384 e. The lowest BCUT2D eigenvalue weighted by Crippen LogP contribution is -2.04. The van der Waals surface area contributed by atoms with Crippen molar-refractivity contribution < 1.29 is 13.9 Å². The van der Waals surface area contributed by atoms with Crippen LogP contribution >= 0.6 is 31.9 Å².